The Bertz CT molecular complexity index is 431. The fraction of sp³-hybridized carbons (Fsp3) is 0.364. The number of hydrogen-bond acceptors (Lipinski definition) is 2. The van der Waals surface area contributed by atoms with Crippen LogP contribution >= 0.6 is 0 Å². The molecule has 0 spiro atoms. The van der Waals surface area contributed by atoms with E-state index in [1.165, 1.54) is 18.4 Å². The molecular formula is C11H15N3. The highest BCUT2D eigenvalue weighted by Crippen LogP contribution is 2.15. The summed E-state index contributed by atoms with van der Waals surface area (Å²) in [6.07, 6.45) is 4.49. The Morgan fingerprint density at radius 3 is 3.00 bits per heavy atom. The molecule has 74 valence electrons. The third-order valence-electron chi connectivity index (χ3n) is 2.40. The predicted octanol–water partition coefficient (Wildman–Crippen LogP) is 2.42. The van der Waals surface area contributed by atoms with Crippen molar-refractivity contribution >= 4 is 16.9 Å². The van der Waals surface area contributed by atoms with Crippen molar-refractivity contribution in [3.8, 4) is 0 Å². The molecule has 2 heterocycles. The second-order valence-electron chi connectivity index (χ2n) is 3.50. The minimum absolute atomic E-state index is 0.589. The fourth-order valence-electron chi connectivity index (χ4n) is 1.61. The first-order chi connectivity index (χ1) is 6.81. The van der Waals surface area contributed by atoms with Crippen molar-refractivity contribution in [2.24, 2.45) is 0 Å². The maximum atomic E-state index is 5.61. The highest BCUT2D eigenvalue weighted by atomic mass is 15.0. The quantitative estimate of drug-likeness (QED) is 0.805. The number of nitrogens with two attached hydrogens (primary N) is 1. The summed E-state index contributed by atoms with van der Waals surface area (Å²) in [5.41, 5.74) is 7.77. The first-order valence-electron chi connectivity index (χ1n) is 5.02. The van der Waals surface area contributed by atoms with Gasteiger partial charge in [-0.3, -0.25) is 0 Å². The summed E-state index contributed by atoms with van der Waals surface area (Å²) in [5.74, 6) is 0.589. The number of hydrogen-bond donors (Lipinski definition) is 1. The Labute approximate surface area is 83.6 Å². The van der Waals surface area contributed by atoms with Crippen molar-refractivity contribution in [3.63, 3.8) is 0 Å². The normalized spacial score (nSPS) is 10.9. The predicted molar refractivity (Wildman–Crippen MR) is 59.1 cm³/mol. The average molecular weight is 189 g/mol. The molecule has 0 saturated carbocycles. The van der Waals surface area contributed by atoms with Crippen molar-refractivity contribution in [3.05, 3.63) is 24.4 Å². The average Bonchev–Trinajstić information content (AvgIpc) is 2.57. The van der Waals surface area contributed by atoms with Crippen LogP contribution in [0.1, 0.15) is 19.8 Å². The first-order valence-corrected chi connectivity index (χ1v) is 5.02. The number of aromatic nitrogens is 2. The van der Waals surface area contributed by atoms with Crippen LogP contribution in [-0.2, 0) is 6.54 Å². The molecule has 2 aromatic rings. The van der Waals surface area contributed by atoms with E-state index in [2.05, 4.69) is 22.7 Å². The highest BCUT2D eigenvalue weighted by molar-refractivity contribution is 5.77. The van der Waals surface area contributed by atoms with Gasteiger partial charge in [-0.15, -0.1) is 0 Å². The Morgan fingerprint density at radius 2 is 2.21 bits per heavy atom. The number of pyridine rings is 1. The van der Waals surface area contributed by atoms with Gasteiger partial charge in [0.2, 0.25) is 0 Å². The van der Waals surface area contributed by atoms with E-state index in [9.17, 15) is 0 Å². The van der Waals surface area contributed by atoms with E-state index < -0.39 is 0 Å². The molecule has 2 aromatic heterocycles. The van der Waals surface area contributed by atoms with E-state index >= 15 is 0 Å². The lowest BCUT2D eigenvalue weighted by Gasteiger charge is -2.03. The molecule has 0 aliphatic heterocycles. The van der Waals surface area contributed by atoms with E-state index in [0.717, 1.165) is 12.1 Å². The van der Waals surface area contributed by atoms with Crippen LogP contribution in [0.5, 0.6) is 0 Å². The first kappa shape index (κ1) is 9.06. The van der Waals surface area contributed by atoms with E-state index in [0.29, 0.717) is 5.82 Å². The van der Waals surface area contributed by atoms with Crippen LogP contribution in [0.2, 0.25) is 0 Å². The third-order valence-corrected chi connectivity index (χ3v) is 2.40. The molecule has 3 nitrogen and oxygen atoms in total. The minimum Gasteiger partial charge on any atom is -0.384 e. The maximum absolute atomic E-state index is 5.61. The Kier molecular flexibility index (Phi) is 2.39. The van der Waals surface area contributed by atoms with Gasteiger partial charge in [0.25, 0.3) is 0 Å². The summed E-state index contributed by atoms with van der Waals surface area (Å²) in [6, 6.07) is 5.90. The summed E-state index contributed by atoms with van der Waals surface area (Å²) in [4.78, 5) is 4.26. The van der Waals surface area contributed by atoms with Crippen molar-refractivity contribution in [1.82, 2.24) is 9.55 Å². The van der Waals surface area contributed by atoms with Crippen LogP contribution in [0, 0.1) is 0 Å². The fourth-order valence-corrected chi connectivity index (χ4v) is 1.61. The molecule has 0 saturated heterocycles. The van der Waals surface area contributed by atoms with E-state index in [4.69, 9.17) is 5.73 Å². The lowest BCUT2D eigenvalue weighted by atomic mass is 10.3. The number of fused-ring (bicyclic) bond motifs is 1. The molecule has 2 rings (SSSR count). The zero-order valence-corrected chi connectivity index (χ0v) is 8.40. The maximum Gasteiger partial charge on any atom is 0.124 e. The molecule has 0 radical (unpaired) electrons. The Morgan fingerprint density at radius 1 is 1.36 bits per heavy atom. The van der Waals surface area contributed by atoms with E-state index in [1.54, 1.807) is 0 Å². The van der Waals surface area contributed by atoms with Crippen LogP contribution < -0.4 is 5.73 Å². The largest absolute Gasteiger partial charge is 0.384 e. The monoisotopic (exact) mass is 189 g/mol. The molecule has 0 fully saturated rings. The molecule has 0 amide bonds. The minimum atomic E-state index is 0.589. The van der Waals surface area contributed by atoms with Gasteiger partial charge in [-0.1, -0.05) is 13.3 Å². The van der Waals surface area contributed by atoms with Crippen molar-refractivity contribution < 1.29 is 0 Å². The summed E-state index contributed by atoms with van der Waals surface area (Å²) in [6.45, 7) is 3.26. The lowest BCUT2D eigenvalue weighted by Crippen LogP contribution is -1.96. The van der Waals surface area contributed by atoms with Crippen molar-refractivity contribution in [2.45, 2.75) is 26.3 Å². The molecule has 0 bridgehead atoms. The molecular weight excluding hydrogens is 174 g/mol. The van der Waals surface area contributed by atoms with Gasteiger partial charge in [0, 0.05) is 12.7 Å². The van der Waals surface area contributed by atoms with Crippen LogP contribution in [0.25, 0.3) is 11.0 Å². The molecule has 0 aliphatic rings. The van der Waals surface area contributed by atoms with Crippen LogP contribution in [0.4, 0.5) is 5.82 Å². The molecule has 2 N–H and O–H groups in total. The molecule has 0 atom stereocenters. The lowest BCUT2D eigenvalue weighted by molar-refractivity contribution is 0.650. The Hall–Kier alpha value is -1.51. The van der Waals surface area contributed by atoms with Gasteiger partial charge < -0.3 is 10.3 Å². The second kappa shape index (κ2) is 3.70. The Balaban J connectivity index is 2.37. The second-order valence-corrected chi connectivity index (χ2v) is 3.50. The smallest absolute Gasteiger partial charge is 0.124 e. The summed E-state index contributed by atoms with van der Waals surface area (Å²) in [5, 5.41) is 0. The summed E-state index contributed by atoms with van der Waals surface area (Å²) in [7, 11) is 0. The molecule has 3 heteroatoms. The van der Waals surface area contributed by atoms with Gasteiger partial charge in [-0.25, -0.2) is 4.98 Å². The van der Waals surface area contributed by atoms with E-state index in [-0.39, 0.29) is 0 Å². The molecule has 0 aromatic carbocycles. The number of nitrogens with zero attached hydrogens (tertiary/aromatic N) is 2. The van der Waals surface area contributed by atoms with Gasteiger partial charge in [0.1, 0.15) is 5.82 Å². The number of anilines is 1. The summed E-state index contributed by atoms with van der Waals surface area (Å²) < 4.78 is 2.23. The number of nitrogen functional groups attached to an aromatic ring is 1. The zero-order valence-electron chi connectivity index (χ0n) is 8.40. The molecule has 0 unspecified atom stereocenters. The van der Waals surface area contributed by atoms with E-state index in [1.807, 2.05) is 18.2 Å². The molecule has 0 aliphatic carbocycles. The van der Waals surface area contributed by atoms with Crippen LogP contribution in [0.3, 0.4) is 0 Å². The van der Waals surface area contributed by atoms with Gasteiger partial charge in [-0.05, 0) is 24.6 Å². The summed E-state index contributed by atoms with van der Waals surface area (Å²) >= 11 is 0. The third kappa shape index (κ3) is 1.58. The SMILES string of the molecule is CCCCn1ccc2nc(N)ccc21. The van der Waals surface area contributed by atoms with Crippen molar-refractivity contribution in [2.75, 3.05) is 5.73 Å². The van der Waals surface area contributed by atoms with Gasteiger partial charge >= 0.3 is 0 Å². The van der Waals surface area contributed by atoms with Gasteiger partial charge in [-0.2, -0.15) is 0 Å². The highest BCUT2D eigenvalue weighted by Gasteiger charge is 2.01. The number of aryl methyl sites for hydroxylation is 1. The van der Waals surface area contributed by atoms with Gasteiger partial charge in [0.15, 0.2) is 0 Å². The molecule has 14 heavy (non-hydrogen) atoms. The van der Waals surface area contributed by atoms with Crippen LogP contribution in [-0.4, -0.2) is 9.55 Å². The van der Waals surface area contributed by atoms with Crippen molar-refractivity contribution in [1.29, 1.82) is 0 Å². The van der Waals surface area contributed by atoms with Crippen LogP contribution in [0.15, 0.2) is 24.4 Å². The zero-order chi connectivity index (χ0) is 9.97. The number of unbranched alkanes of at least 4 members (excludes halogenated alkanes) is 1. The standard InChI is InChI=1S/C11H15N3/c1-2-3-7-14-8-6-9-10(14)4-5-11(12)13-9/h4-6,8H,2-3,7H2,1H3,(H2,12,13). The van der Waals surface area contributed by atoms with Gasteiger partial charge in [0.05, 0.1) is 11.0 Å². The number of rotatable bonds is 3. The topological polar surface area (TPSA) is 43.8 Å².